The van der Waals surface area contributed by atoms with Crippen LogP contribution >= 0.6 is 0 Å². The number of alkyl halides is 3. The van der Waals surface area contributed by atoms with E-state index in [-0.39, 0.29) is 11.4 Å². The highest BCUT2D eigenvalue weighted by Gasteiger charge is 2.29. The maximum absolute atomic E-state index is 13.2. The van der Waals surface area contributed by atoms with Gasteiger partial charge in [0.1, 0.15) is 0 Å². The van der Waals surface area contributed by atoms with Crippen LogP contribution in [0.5, 0.6) is 5.75 Å². The van der Waals surface area contributed by atoms with Crippen LogP contribution in [0.3, 0.4) is 0 Å². The minimum Gasteiger partial charge on any atom is -0.494 e. The zero-order valence-electron chi connectivity index (χ0n) is 9.18. The molecule has 1 aromatic carbocycles. The van der Waals surface area contributed by atoms with E-state index in [4.69, 9.17) is 0 Å². The topological polar surface area (TPSA) is 47.6 Å². The number of benzene rings is 1. The summed E-state index contributed by atoms with van der Waals surface area (Å²) in [5.74, 6) is -0.810. The first-order valence-electron chi connectivity index (χ1n) is 4.66. The number of anilines is 1. The van der Waals surface area contributed by atoms with Crippen LogP contribution in [0.25, 0.3) is 0 Å². The second-order valence-corrected chi connectivity index (χ2v) is 3.17. The van der Waals surface area contributed by atoms with Crippen molar-refractivity contribution >= 4 is 11.8 Å². The zero-order valence-corrected chi connectivity index (χ0v) is 9.18. The first-order chi connectivity index (χ1) is 8.31. The summed E-state index contributed by atoms with van der Waals surface area (Å²) < 4.78 is 56.9. The predicted molar refractivity (Wildman–Crippen MR) is 54.0 cm³/mol. The number of rotatable bonds is 3. The molecule has 0 aliphatic rings. The van der Waals surface area contributed by atoms with E-state index in [9.17, 15) is 22.4 Å². The molecule has 0 spiro atoms. The van der Waals surface area contributed by atoms with E-state index in [1.165, 1.54) is 19.2 Å². The molecule has 0 saturated carbocycles. The summed E-state index contributed by atoms with van der Waals surface area (Å²) in [6, 6.07) is 3.37. The van der Waals surface area contributed by atoms with Crippen LogP contribution in [0.2, 0.25) is 0 Å². The van der Waals surface area contributed by atoms with Crippen molar-refractivity contribution in [3.8, 4) is 5.75 Å². The standard InChI is InChI=1S/C10H9F4NO3/c1-17-8-3-2-6(4-7(8)11)15-9(16)18-5-10(12,13)14/h2-4H,5H2,1H3,(H,15,16). The molecule has 8 heteroatoms. The van der Waals surface area contributed by atoms with Crippen molar-refractivity contribution < 1.29 is 31.8 Å². The van der Waals surface area contributed by atoms with Gasteiger partial charge in [-0.05, 0) is 12.1 Å². The molecule has 0 aliphatic heterocycles. The van der Waals surface area contributed by atoms with Gasteiger partial charge in [-0.3, -0.25) is 5.32 Å². The molecule has 1 N–H and O–H groups in total. The van der Waals surface area contributed by atoms with Gasteiger partial charge < -0.3 is 9.47 Å². The normalized spacial score (nSPS) is 10.9. The molecule has 0 radical (unpaired) electrons. The average molecular weight is 267 g/mol. The Labute approximate surface area is 99.5 Å². The fraction of sp³-hybridized carbons (Fsp3) is 0.300. The highest BCUT2D eigenvalue weighted by atomic mass is 19.4. The molecule has 4 nitrogen and oxygen atoms in total. The largest absolute Gasteiger partial charge is 0.494 e. The summed E-state index contributed by atoms with van der Waals surface area (Å²) >= 11 is 0. The van der Waals surface area contributed by atoms with Crippen molar-refractivity contribution in [1.29, 1.82) is 0 Å². The van der Waals surface area contributed by atoms with Gasteiger partial charge in [-0.15, -0.1) is 0 Å². The number of ether oxygens (including phenoxy) is 2. The van der Waals surface area contributed by atoms with Crippen molar-refractivity contribution in [1.82, 2.24) is 0 Å². The molecule has 0 saturated heterocycles. The molecule has 1 aromatic rings. The molecular weight excluding hydrogens is 258 g/mol. The summed E-state index contributed by atoms with van der Waals surface area (Å²) in [7, 11) is 1.25. The van der Waals surface area contributed by atoms with Crippen LogP contribution in [0.1, 0.15) is 0 Å². The van der Waals surface area contributed by atoms with Crippen LogP contribution in [0, 0.1) is 5.82 Å². The Morgan fingerprint density at radius 1 is 1.39 bits per heavy atom. The summed E-state index contributed by atoms with van der Waals surface area (Å²) in [6.45, 7) is -1.71. The van der Waals surface area contributed by atoms with Crippen molar-refractivity contribution in [2.24, 2.45) is 0 Å². The number of hydrogen-bond acceptors (Lipinski definition) is 3. The lowest BCUT2D eigenvalue weighted by Gasteiger charge is -2.09. The van der Waals surface area contributed by atoms with Crippen molar-refractivity contribution in [3.63, 3.8) is 0 Å². The first-order valence-corrected chi connectivity index (χ1v) is 4.66. The lowest BCUT2D eigenvalue weighted by molar-refractivity contribution is -0.159. The Kier molecular flexibility index (Phi) is 4.35. The molecular formula is C10H9F4NO3. The Hall–Kier alpha value is -1.99. The first kappa shape index (κ1) is 14.1. The Bertz CT molecular complexity index is 434. The van der Waals surface area contributed by atoms with E-state index in [0.717, 1.165) is 6.07 Å². The number of methoxy groups -OCH3 is 1. The van der Waals surface area contributed by atoms with Crippen molar-refractivity contribution in [2.75, 3.05) is 19.0 Å². The van der Waals surface area contributed by atoms with Crippen LogP contribution in [0.15, 0.2) is 18.2 Å². The smallest absolute Gasteiger partial charge is 0.422 e. The predicted octanol–water partition coefficient (Wildman–Crippen LogP) is 2.95. The Morgan fingerprint density at radius 2 is 2.06 bits per heavy atom. The summed E-state index contributed by atoms with van der Waals surface area (Å²) in [5.41, 5.74) is -0.0412. The van der Waals surface area contributed by atoms with Crippen molar-refractivity contribution in [3.05, 3.63) is 24.0 Å². The molecule has 0 fully saturated rings. The molecule has 0 aliphatic carbocycles. The molecule has 1 amide bonds. The molecule has 0 atom stereocenters. The summed E-state index contributed by atoms with van der Waals surface area (Å²) in [4.78, 5) is 10.9. The molecule has 18 heavy (non-hydrogen) atoms. The van der Waals surface area contributed by atoms with Crippen LogP contribution in [0.4, 0.5) is 28.0 Å². The number of hydrogen-bond donors (Lipinski definition) is 1. The van der Waals surface area contributed by atoms with E-state index < -0.39 is 24.7 Å². The number of nitrogens with one attached hydrogen (secondary N) is 1. The monoisotopic (exact) mass is 267 g/mol. The molecule has 1 rings (SSSR count). The zero-order chi connectivity index (χ0) is 13.8. The fourth-order valence-corrected chi connectivity index (χ4v) is 1.05. The van der Waals surface area contributed by atoms with Crippen LogP contribution < -0.4 is 10.1 Å². The molecule has 0 bridgehead atoms. The van der Waals surface area contributed by atoms with Gasteiger partial charge in [-0.1, -0.05) is 0 Å². The van der Waals surface area contributed by atoms with E-state index in [1.807, 2.05) is 5.32 Å². The fourth-order valence-electron chi connectivity index (χ4n) is 1.05. The third kappa shape index (κ3) is 4.48. The van der Waals surface area contributed by atoms with Gasteiger partial charge in [-0.2, -0.15) is 13.2 Å². The van der Waals surface area contributed by atoms with E-state index >= 15 is 0 Å². The molecule has 0 heterocycles. The van der Waals surface area contributed by atoms with Gasteiger partial charge in [0.25, 0.3) is 0 Å². The second-order valence-electron chi connectivity index (χ2n) is 3.17. The van der Waals surface area contributed by atoms with Crippen LogP contribution in [-0.2, 0) is 4.74 Å². The molecule has 0 unspecified atom stereocenters. The van der Waals surface area contributed by atoms with E-state index in [1.54, 1.807) is 0 Å². The minimum absolute atomic E-state index is 0.0412. The van der Waals surface area contributed by atoms with Gasteiger partial charge in [-0.25, -0.2) is 9.18 Å². The third-order valence-electron chi connectivity index (χ3n) is 1.77. The summed E-state index contributed by atoms with van der Waals surface area (Å²) in [5, 5.41) is 1.95. The summed E-state index contributed by atoms with van der Waals surface area (Å²) in [6.07, 6.45) is -5.93. The maximum atomic E-state index is 13.2. The van der Waals surface area contributed by atoms with Gasteiger partial charge in [0, 0.05) is 11.8 Å². The lowest BCUT2D eigenvalue weighted by atomic mass is 10.3. The van der Waals surface area contributed by atoms with E-state index in [0.29, 0.717) is 0 Å². The van der Waals surface area contributed by atoms with Crippen molar-refractivity contribution in [2.45, 2.75) is 6.18 Å². The Morgan fingerprint density at radius 3 is 2.56 bits per heavy atom. The van der Waals surface area contributed by atoms with Gasteiger partial charge >= 0.3 is 12.3 Å². The highest BCUT2D eigenvalue weighted by molar-refractivity contribution is 5.84. The average Bonchev–Trinajstić information content (AvgIpc) is 2.26. The second kappa shape index (κ2) is 5.56. The highest BCUT2D eigenvalue weighted by Crippen LogP contribution is 2.21. The number of amides is 1. The number of halogens is 4. The maximum Gasteiger partial charge on any atom is 0.422 e. The third-order valence-corrected chi connectivity index (χ3v) is 1.77. The van der Waals surface area contributed by atoms with Gasteiger partial charge in [0.05, 0.1) is 7.11 Å². The minimum atomic E-state index is -4.61. The molecule has 100 valence electrons. The van der Waals surface area contributed by atoms with Gasteiger partial charge in [0.2, 0.25) is 0 Å². The van der Waals surface area contributed by atoms with E-state index in [2.05, 4.69) is 9.47 Å². The number of carbonyl (C=O) groups excluding carboxylic acids is 1. The SMILES string of the molecule is COc1ccc(NC(=O)OCC(F)(F)F)cc1F. The lowest BCUT2D eigenvalue weighted by Crippen LogP contribution is -2.23. The van der Waals surface area contributed by atoms with Crippen LogP contribution in [-0.4, -0.2) is 26.0 Å². The Balaban J connectivity index is 2.57. The van der Waals surface area contributed by atoms with Gasteiger partial charge in [0.15, 0.2) is 18.2 Å². The number of carbonyl (C=O) groups is 1. The molecule has 0 aromatic heterocycles. The quantitative estimate of drug-likeness (QED) is 0.856.